The fourth-order valence-corrected chi connectivity index (χ4v) is 0.723. The molecule has 72 valence electrons. The molecule has 0 aromatic carbocycles. The van der Waals surface area contributed by atoms with Gasteiger partial charge < -0.3 is 16.4 Å². The molecule has 0 aliphatic rings. The van der Waals surface area contributed by atoms with Gasteiger partial charge in [-0.1, -0.05) is 0 Å². The van der Waals surface area contributed by atoms with Crippen molar-refractivity contribution in [2.75, 3.05) is 13.1 Å². The highest BCUT2D eigenvalue weighted by Crippen LogP contribution is 1.78. The first-order chi connectivity index (χ1) is 5.56. The van der Waals surface area contributed by atoms with Crippen LogP contribution in [0.25, 0.3) is 0 Å². The summed E-state index contributed by atoms with van der Waals surface area (Å²) in [7, 11) is 0. The van der Waals surface area contributed by atoms with E-state index in [0.29, 0.717) is 13.1 Å². The molecule has 4 nitrogen and oxygen atoms in total. The van der Waals surface area contributed by atoms with Crippen LogP contribution in [0.15, 0.2) is 0 Å². The van der Waals surface area contributed by atoms with E-state index < -0.39 is 0 Å². The average Bonchev–Trinajstić information content (AvgIpc) is 1.99. The van der Waals surface area contributed by atoms with Crippen molar-refractivity contribution in [2.45, 2.75) is 32.9 Å². The Morgan fingerprint density at radius 3 is 2.42 bits per heavy atom. The number of rotatable bonds is 5. The predicted molar refractivity (Wildman–Crippen MR) is 49.8 cm³/mol. The van der Waals surface area contributed by atoms with Crippen LogP contribution in [0.3, 0.4) is 0 Å². The minimum atomic E-state index is 0.0188. The summed E-state index contributed by atoms with van der Waals surface area (Å²) in [5, 5.41) is 5.78. The minimum absolute atomic E-state index is 0.0188. The molecule has 0 saturated carbocycles. The summed E-state index contributed by atoms with van der Waals surface area (Å²) < 4.78 is 0. The van der Waals surface area contributed by atoms with Gasteiger partial charge in [-0.25, -0.2) is 0 Å². The van der Waals surface area contributed by atoms with Crippen LogP contribution in [0.1, 0.15) is 20.8 Å². The zero-order chi connectivity index (χ0) is 9.56. The fourth-order valence-electron chi connectivity index (χ4n) is 0.723. The summed E-state index contributed by atoms with van der Waals surface area (Å²) in [6.07, 6.45) is 0. The molecule has 1 unspecified atom stereocenters. The lowest BCUT2D eigenvalue weighted by atomic mass is 10.3. The molecule has 0 heterocycles. The van der Waals surface area contributed by atoms with E-state index >= 15 is 0 Å². The van der Waals surface area contributed by atoms with Crippen molar-refractivity contribution in [3.05, 3.63) is 0 Å². The molecule has 0 aliphatic carbocycles. The summed E-state index contributed by atoms with van der Waals surface area (Å²) in [6.45, 7) is 6.71. The van der Waals surface area contributed by atoms with Crippen LogP contribution in [-0.2, 0) is 4.79 Å². The molecule has 0 saturated heterocycles. The first-order valence-corrected chi connectivity index (χ1v) is 4.29. The van der Waals surface area contributed by atoms with Crippen molar-refractivity contribution < 1.29 is 4.79 Å². The summed E-state index contributed by atoms with van der Waals surface area (Å²) in [4.78, 5) is 11.1. The van der Waals surface area contributed by atoms with Crippen LogP contribution >= 0.6 is 0 Å². The maximum absolute atomic E-state index is 11.1. The third-order valence-corrected chi connectivity index (χ3v) is 1.41. The number of amides is 1. The summed E-state index contributed by atoms with van der Waals surface area (Å²) in [5.41, 5.74) is 5.37. The number of nitrogens with two attached hydrogens (primary N) is 1. The summed E-state index contributed by atoms with van der Waals surface area (Å²) in [6, 6.07) is 0.399. The number of nitrogens with one attached hydrogen (secondary N) is 2. The van der Waals surface area contributed by atoms with Crippen molar-refractivity contribution >= 4 is 5.91 Å². The van der Waals surface area contributed by atoms with Crippen molar-refractivity contribution in [2.24, 2.45) is 5.73 Å². The first kappa shape index (κ1) is 11.4. The molecule has 0 aliphatic heterocycles. The molecule has 4 N–H and O–H groups in total. The molecule has 4 heteroatoms. The highest BCUT2D eigenvalue weighted by Gasteiger charge is 2.04. The van der Waals surface area contributed by atoms with Crippen LogP contribution < -0.4 is 16.4 Å². The zero-order valence-corrected chi connectivity index (χ0v) is 8.05. The van der Waals surface area contributed by atoms with Crippen LogP contribution in [0, 0.1) is 0 Å². The molecule has 0 aromatic rings. The molecule has 0 fully saturated rings. The average molecular weight is 173 g/mol. The van der Waals surface area contributed by atoms with Gasteiger partial charge in [-0.15, -0.1) is 0 Å². The van der Waals surface area contributed by atoms with Gasteiger partial charge in [-0.05, 0) is 20.8 Å². The van der Waals surface area contributed by atoms with Crippen molar-refractivity contribution in [3.8, 4) is 0 Å². The number of carbonyl (C=O) groups is 1. The van der Waals surface area contributed by atoms with Crippen LogP contribution in [0.2, 0.25) is 0 Å². The number of carbonyl (C=O) groups excluding carboxylic acids is 1. The molecule has 0 bridgehead atoms. The Labute approximate surface area is 73.9 Å². The van der Waals surface area contributed by atoms with Crippen molar-refractivity contribution in [3.63, 3.8) is 0 Å². The van der Waals surface area contributed by atoms with E-state index in [2.05, 4.69) is 10.6 Å². The van der Waals surface area contributed by atoms with E-state index in [1.54, 1.807) is 0 Å². The quantitative estimate of drug-likeness (QED) is 0.522. The maximum atomic E-state index is 11.1. The smallest absolute Gasteiger partial charge is 0.234 e. The second kappa shape index (κ2) is 5.97. The van der Waals surface area contributed by atoms with Gasteiger partial charge in [-0.2, -0.15) is 0 Å². The highest BCUT2D eigenvalue weighted by atomic mass is 16.1. The normalized spacial score (nSPS) is 13.1. The Morgan fingerprint density at radius 1 is 1.42 bits per heavy atom. The highest BCUT2D eigenvalue weighted by molar-refractivity contribution is 5.78. The minimum Gasteiger partial charge on any atom is -0.353 e. The molecule has 0 aromatic heterocycles. The van der Waals surface area contributed by atoms with Crippen molar-refractivity contribution in [1.29, 1.82) is 0 Å². The van der Waals surface area contributed by atoms with Crippen molar-refractivity contribution in [1.82, 2.24) is 10.6 Å². The van der Waals surface area contributed by atoms with Gasteiger partial charge in [0, 0.05) is 18.6 Å². The number of hydrogen-bond donors (Lipinski definition) is 3. The molecular formula is C8H19N3O. The maximum Gasteiger partial charge on any atom is 0.234 e. The van der Waals surface area contributed by atoms with E-state index in [-0.39, 0.29) is 18.0 Å². The van der Waals surface area contributed by atoms with E-state index in [1.807, 2.05) is 20.8 Å². The van der Waals surface area contributed by atoms with Crippen LogP contribution in [-0.4, -0.2) is 31.1 Å². The Kier molecular flexibility index (Phi) is 5.66. The van der Waals surface area contributed by atoms with E-state index in [0.717, 1.165) is 0 Å². The van der Waals surface area contributed by atoms with Gasteiger partial charge in [0.2, 0.25) is 5.91 Å². The molecule has 1 amide bonds. The van der Waals surface area contributed by atoms with E-state index in [1.165, 1.54) is 0 Å². The lowest BCUT2D eigenvalue weighted by molar-refractivity contribution is -0.120. The van der Waals surface area contributed by atoms with Gasteiger partial charge in [0.1, 0.15) is 0 Å². The molecule has 0 radical (unpaired) electrons. The van der Waals surface area contributed by atoms with Gasteiger partial charge in [0.15, 0.2) is 0 Å². The second-order valence-electron chi connectivity index (χ2n) is 3.24. The SMILES string of the molecule is CC(C)NC(=O)CNC(C)CN. The summed E-state index contributed by atoms with van der Waals surface area (Å²) in [5.74, 6) is 0.0188. The first-order valence-electron chi connectivity index (χ1n) is 4.29. The topological polar surface area (TPSA) is 67.2 Å². The zero-order valence-electron chi connectivity index (χ0n) is 8.05. The third kappa shape index (κ3) is 6.12. The lowest BCUT2D eigenvalue weighted by Crippen LogP contribution is -2.42. The van der Waals surface area contributed by atoms with Gasteiger partial charge in [0.05, 0.1) is 6.54 Å². The summed E-state index contributed by atoms with van der Waals surface area (Å²) >= 11 is 0. The van der Waals surface area contributed by atoms with Crippen LogP contribution in [0.4, 0.5) is 0 Å². The largest absolute Gasteiger partial charge is 0.353 e. The Bertz CT molecular complexity index is 136. The van der Waals surface area contributed by atoms with Gasteiger partial charge in [-0.3, -0.25) is 4.79 Å². The van der Waals surface area contributed by atoms with Crippen LogP contribution in [0.5, 0.6) is 0 Å². The molecule has 0 rings (SSSR count). The second-order valence-corrected chi connectivity index (χ2v) is 3.24. The molecular weight excluding hydrogens is 154 g/mol. The Morgan fingerprint density at radius 2 is 2.00 bits per heavy atom. The Hall–Kier alpha value is -0.610. The molecule has 0 spiro atoms. The van der Waals surface area contributed by atoms with Gasteiger partial charge in [0.25, 0.3) is 0 Å². The number of hydrogen-bond acceptors (Lipinski definition) is 3. The van der Waals surface area contributed by atoms with E-state index in [4.69, 9.17) is 5.73 Å². The Balaban J connectivity index is 3.44. The monoisotopic (exact) mass is 173 g/mol. The lowest BCUT2D eigenvalue weighted by Gasteiger charge is -2.12. The third-order valence-electron chi connectivity index (χ3n) is 1.41. The standard InChI is InChI=1S/C8H19N3O/c1-6(2)11-8(12)5-10-7(3)4-9/h6-7,10H,4-5,9H2,1-3H3,(H,11,12). The molecule has 1 atom stereocenters. The fraction of sp³-hybridized carbons (Fsp3) is 0.875. The molecule has 12 heavy (non-hydrogen) atoms. The van der Waals surface area contributed by atoms with Gasteiger partial charge >= 0.3 is 0 Å². The van der Waals surface area contributed by atoms with E-state index in [9.17, 15) is 4.79 Å². The predicted octanol–water partition coefficient (Wildman–Crippen LogP) is -0.552.